The van der Waals surface area contributed by atoms with Crippen molar-refractivity contribution in [1.29, 1.82) is 0 Å². The summed E-state index contributed by atoms with van der Waals surface area (Å²) in [4.78, 5) is 14.1. The van der Waals surface area contributed by atoms with Crippen molar-refractivity contribution in [3.05, 3.63) is 35.9 Å². The van der Waals surface area contributed by atoms with Gasteiger partial charge >= 0.3 is 6.09 Å². The first kappa shape index (κ1) is 18.7. The minimum Gasteiger partial charge on any atom is -0.447 e. The summed E-state index contributed by atoms with van der Waals surface area (Å²) in [5, 5.41) is 13.3. The highest BCUT2D eigenvalue weighted by molar-refractivity contribution is 5.67. The van der Waals surface area contributed by atoms with Gasteiger partial charge in [0.25, 0.3) is 0 Å². The highest BCUT2D eigenvalue weighted by atomic mass is 16.6. The molecule has 2 N–H and O–H groups in total. The Morgan fingerprint density at radius 1 is 1.25 bits per heavy atom. The third kappa shape index (κ3) is 4.95. The summed E-state index contributed by atoms with van der Waals surface area (Å²) >= 11 is 0. The maximum Gasteiger partial charge on any atom is 0.407 e. The van der Waals surface area contributed by atoms with Gasteiger partial charge in [-0.2, -0.15) is 0 Å². The molecule has 1 unspecified atom stereocenters. The highest BCUT2D eigenvalue weighted by Crippen LogP contribution is 2.31. The molecule has 3 atom stereocenters. The summed E-state index contributed by atoms with van der Waals surface area (Å²) in [6.45, 7) is 9.41. The minimum absolute atomic E-state index is 0.161. The molecule has 2 rings (SSSR count). The number of benzene rings is 1. The fraction of sp³-hybridized carbons (Fsp3) is 0.632. The average molecular weight is 334 g/mol. The molecule has 1 aliphatic rings. The van der Waals surface area contributed by atoms with Gasteiger partial charge < -0.3 is 15.2 Å². The Hall–Kier alpha value is -1.59. The maximum absolute atomic E-state index is 11.8. The molecule has 1 aromatic carbocycles. The SMILES string of the molecule is CC(C)OC(=O)N[C@H]1CCN(C(c2ccccc2)C(C)C)C[C@@H]1O. The smallest absolute Gasteiger partial charge is 0.407 e. The predicted molar refractivity (Wildman–Crippen MR) is 94.8 cm³/mol. The molecular formula is C19H30N2O3. The number of likely N-dealkylation sites (tertiary alicyclic amines) is 1. The molecule has 0 saturated carbocycles. The number of piperidine rings is 1. The van der Waals surface area contributed by atoms with E-state index in [9.17, 15) is 9.90 Å². The fourth-order valence-corrected chi connectivity index (χ4v) is 3.44. The molecule has 1 saturated heterocycles. The van der Waals surface area contributed by atoms with Crippen molar-refractivity contribution in [2.24, 2.45) is 5.92 Å². The van der Waals surface area contributed by atoms with Gasteiger partial charge in [-0.15, -0.1) is 0 Å². The van der Waals surface area contributed by atoms with Crippen molar-refractivity contribution >= 4 is 6.09 Å². The van der Waals surface area contributed by atoms with Gasteiger partial charge in [0, 0.05) is 19.1 Å². The van der Waals surface area contributed by atoms with Crippen LogP contribution >= 0.6 is 0 Å². The van der Waals surface area contributed by atoms with E-state index >= 15 is 0 Å². The molecule has 0 bridgehead atoms. The first-order valence-corrected chi connectivity index (χ1v) is 8.82. The second-order valence-electron chi connectivity index (χ2n) is 7.16. The van der Waals surface area contributed by atoms with Gasteiger partial charge in [0.05, 0.1) is 18.2 Å². The number of rotatable bonds is 5. The molecule has 0 radical (unpaired) electrons. The Morgan fingerprint density at radius 3 is 2.46 bits per heavy atom. The number of β-amino-alcohol motifs (C(OH)–C–C–N with tert-alkyl or cyclic N) is 1. The van der Waals surface area contributed by atoms with E-state index in [2.05, 4.69) is 48.3 Å². The number of nitrogens with one attached hydrogen (secondary N) is 1. The number of amides is 1. The highest BCUT2D eigenvalue weighted by Gasteiger charge is 2.34. The Labute approximate surface area is 145 Å². The molecule has 0 spiro atoms. The molecule has 1 heterocycles. The molecule has 1 aliphatic heterocycles. The van der Waals surface area contributed by atoms with Crippen LogP contribution in [0.25, 0.3) is 0 Å². The van der Waals surface area contributed by atoms with E-state index in [4.69, 9.17) is 4.74 Å². The Morgan fingerprint density at radius 2 is 1.92 bits per heavy atom. The van der Waals surface area contributed by atoms with Gasteiger partial charge in [0.15, 0.2) is 0 Å². The van der Waals surface area contributed by atoms with Crippen molar-refractivity contribution in [3.63, 3.8) is 0 Å². The van der Waals surface area contributed by atoms with Crippen LogP contribution < -0.4 is 5.32 Å². The zero-order valence-electron chi connectivity index (χ0n) is 15.1. The average Bonchev–Trinajstić information content (AvgIpc) is 2.50. The van der Waals surface area contributed by atoms with Gasteiger partial charge in [-0.1, -0.05) is 44.2 Å². The lowest BCUT2D eigenvalue weighted by Crippen LogP contribution is -2.55. The van der Waals surface area contributed by atoms with Gasteiger partial charge in [0.2, 0.25) is 0 Å². The van der Waals surface area contributed by atoms with E-state index in [0.29, 0.717) is 18.9 Å². The van der Waals surface area contributed by atoms with E-state index in [1.54, 1.807) is 0 Å². The lowest BCUT2D eigenvalue weighted by atomic mass is 9.91. The molecule has 1 aromatic rings. The first-order chi connectivity index (χ1) is 11.4. The molecule has 0 aromatic heterocycles. The van der Waals surface area contributed by atoms with Crippen LogP contribution in [0.3, 0.4) is 0 Å². The quantitative estimate of drug-likeness (QED) is 0.869. The second kappa shape index (κ2) is 8.49. The van der Waals surface area contributed by atoms with Crippen LogP contribution in [0.15, 0.2) is 30.3 Å². The maximum atomic E-state index is 11.8. The molecular weight excluding hydrogens is 304 g/mol. The van der Waals surface area contributed by atoms with Crippen LogP contribution in [-0.4, -0.2) is 47.4 Å². The number of ether oxygens (including phenoxy) is 1. The number of aliphatic hydroxyl groups excluding tert-OH is 1. The largest absolute Gasteiger partial charge is 0.447 e. The van der Waals surface area contributed by atoms with Crippen molar-refractivity contribution in [2.45, 2.75) is 58.4 Å². The summed E-state index contributed by atoms with van der Waals surface area (Å²) in [5.41, 5.74) is 1.27. The molecule has 1 amide bonds. The van der Waals surface area contributed by atoms with Crippen LogP contribution in [0.5, 0.6) is 0 Å². The normalized spacial score (nSPS) is 23.3. The van der Waals surface area contributed by atoms with E-state index < -0.39 is 12.2 Å². The number of hydrogen-bond donors (Lipinski definition) is 2. The Balaban J connectivity index is 1.99. The molecule has 5 heteroatoms. The summed E-state index contributed by atoms with van der Waals surface area (Å²) in [7, 11) is 0. The lowest BCUT2D eigenvalue weighted by Gasteiger charge is -2.42. The van der Waals surface area contributed by atoms with E-state index in [1.165, 1.54) is 5.56 Å². The van der Waals surface area contributed by atoms with Crippen molar-refractivity contribution in [2.75, 3.05) is 13.1 Å². The molecule has 24 heavy (non-hydrogen) atoms. The summed E-state index contributed by atoms with van der Waals surface area (Å²) in [6, 6.07) is 10.4. The fourth-order valence-electron chi connectivity index (χ4n) is 3.44. The molecule has 0 aliphatic carbocycles. The molecule has 5 nitrogen and oxygen atoms in total. The number of nitrogens with zero attached hydrogens (tertiary/aromatic N) is 1. The zero-order chi connectivity index (χ0) is 17.7. The topological polar surface area (TPSA) is 61.8 Å². The summed E-state index contributed by atoms with van der Waals surface area (Å²) < 4.78 is 5.11. The molecule has 134 valence electrons. The van der Waals surface area contributed by atoms with E-state index in [-0.39, 0.29) is 18.2 Å². The van der Waals surface area contributed by atoms with Crippen LogP contribution in [0, 0.1) is 5.92 Å². The Kier molecular flexibility index (Phi) is 6.63. The molecule has 1 fully saturated rings. The van der Waals surface area contributed by atoms with Gasteiger partial charge in [-0.05, 0) is 31.7 Å². The van der Waals surface area contributed by atoms with Crippen LogP contribution in [-0.2, 0) is 4.74 Å². The number of aliphatic hydroxyl groups is 1. The first-order valence-electron chi connectivity index (χ1n) is 8.82. The monoisotopic (exact) mass is 334 g/mol. The number of hydrogen-bond acceptors (Lipinski definition) is 4. The third-order valence-corrected chi connectivity index (χ3v) is 4.43. The van der Waals surface area contributed by atoms with Gasteiger partial charge in [-0.3, -0.25) is 4.90 Å². The van der Waals surface area contributed by atoms with Gasteiger partial charge in [-0.25, -0.2) is 4.79 Å². The lowest BCUT2D eigenvalue weighted by molar-refractivity contribution is 0.00743. The van der Waals surface area contributed by atoms with E-state index in [0.717, 1.165) is 6.54 Å². The standard InChI is InChI=1S/C19H30N2O3/c1-13(2)18(15-8-6-5-7-9-15)21-11-10-16(17(22)12-21)20-19(23)24-14(3)4/h5-9,13-14,16-18,22H,10-12H2,1-4H3,(H,20,23)/t16-,17-,18?/m0/s1. The van der Waals surface area contributed by atoms with Crippen LogP contribution in [0.4, 0.5) is 4.79 Å². The Bertz CT molecular complexity index is 519. The van der Waals surface area contributed by atoms with Crippen LogP contribution in [0.2, 0.25) is 0 Å². The second-order valence-corrected chi connectivity index (χ2v) is 7.16. The van der Waals surface area contributed by atoms with Crippen LogP contribution in [0.1, 0.15) is 45.7 Å². The predicted octanol–water partition coefficient (Wildman–Crippen LogP) is 2.95. The van der Waals surface area contributed by atoms with Crippen molar-refractivity contribution in [3.8, 4) is 0 Å². The zero-order valence-corrected chi connectivity index (χ0v) is 15.1. The third-order valence-electron chi connectivity index (χ3n) is 4.43. The number of alkyl carbamates (subject to hydrolysis) is 1. The summed E-state index contributed by atoms with van der Waals surface area (Å²) in [6.07, 6.45) is -0.496. The number of carbonyl (C=O) groups excluding carboxylic acids is 1. The summed E-state index contributed by atoms with van der Waals surface area (Å²) in [5.74, 6) is 0.440. The minimum atomic E-state index is -0.594. The van der Waals surface area contributed by atoms with Gasteiger partial charge in [0.1, 0.15) is 0 Å². The van der Waals surface area contributed by atoms with E-state index in [1.807, 2.05) is 19.9 Å². The number of carbonyl (C=O) groups is 1. The van der Waals surface area contributed by atoms with Crippen molar-refractivity contribution < 1.29 is 14.6 Å². The van der Waals surface area contributed by atoms with Crippen molar-refractivity contribution in [1.82, 2.24) is 10.2 Å².